The first kappa shape index (κ1) is 13.0. The zero-order chi connectivity index (χ0) is 13.4. The molecule has 3 heteroatoms. The molecule has 1 aromatic carbocycles. The normalized spacial score (nSPS) is 30.8. The number of hydrogen-bond acceptors (Lipinski definition) is 1. The summed E-state index contributed by atoms with van der Waals surface area (Å²) in [4.78, 5) is 0. The second-order valence-electron chi connectivity index (χ2n) is 6.26. The van der Waals surface area contributed by atoms with E-state index in [9.17, 15) is 13.9 Å². The van der Waals surface area contributed by atoms with Crippen LogP contribution < -0.4 is 0 Å². The van der Waals surface area contributed by atoms with Crippen LogP contribution in [-0.2, 0) is 6.42 Å². The molecule has 0 spiro atoms. The average Bonchev–Trinajstić information content (AvgIpc) is 2.95. The molecule has 2 aliphatic rings. The molecule has 4 unspecified atom stereocenters. The molecule has 19 heavy (non-hydrogen) atoms. The molecule has 1 aromatic rings. The Balaban J connectivity index is 1.57. The topological polar surface area (TPSA) is 20.2 Å². The van der Waals surface area contributed by atoms with Crippen LogP contribution >= 0.6 is 0 Å². The van der Waals surface area contributed by atoms with Gasteiger partial charge in [0, 0.05) is 12.5 Å². The van der Waals surface area contributed by atoms with E-state index < -0.39 is 17.7 Å². The quantitative estimate of drug-likeness (QED) is 0.881. The van der Waals surface area contributed by atoms with Gasteiger partial charge in [0.1, 0.15) is 11.6 Å². The zero-order valence-corrected chi connectivity index (χ0v) is 11.0. The van der Waals surface area contributed by atoms with E-state index in [2.05, 4.69) is 0 Å². The van der Waals surface area contributed by atoms with Crippen molar-refractivity contribution in [3.8, 4) is 0 Å². The Morgan fingerprint density at radius 1 is 1.21 bits per heavy atom. The average molecular weight is 266 g/mol. The molecule has 2 aliphatic carbocycles. The first-order chi connectivity index (χ1) is 9.11. The Kier molecular flexibility index (Phi) is 3.57. The molecule has 0 heterocycles. The number of halogens is 2. The molecular formula is C16H20F2O. The van der Waals surface area contributed by atoms with Gasteiger partial charge in [0.25, 0.3) is 0 Å². The van der Waals surface area contributed by atoms with Crippen LogP contribution in [0.25, 0.3) is 0 Å². The fourth-order valence-electron chi connectivity index (χ4n) is 4.04. The van der Waals surface area contributed by atoms with Gasteiger partial charge in [0.15, 0.2) is 0 Å². The van der Waals surface area contributed by atoms with E-state index in [1.54, 1.807) is 0 Å². The minimum absolute atomic E-state index is 0.292. The third kappa shape index (κ3) is 2.81. The molecule has 0 aromatic heterocycles. The SMILES string of the molecule is OC(Cc1ccc(F)cc1F)CC1CC2CCC1C2. The Labute approximate surface area is 112 Å². The molecule has 104 valence electrons. The first-order valence-electron chi connectivity index (χ1n) is 7.24. The molecule has 4 atom stereocenters. The van der Waals surface area contributed by atoms with Crippen molar-refractivity contribution in [2.24, 2.45) is 17.8 Å². The third-order valence-electron chi connectivity index (χ3n) is 4.93. The summed E-state index contributed by atoms with van der Waals surface area (Å²) in [6.45, 7) is 0. The van der Waals surface area contributed by atoms with Crippen LogP contribution in [0.1, 0.15) is 37.7 Å². The molecule has 3 rings (SSSR count). The second-order valence-corrected chi connectivity index (χ2v) is 6.26. The number of rotatable bonds is 4. The Morgan fingerprint density at radius 3 is 2.68 bits per heavy atom. The van der Waals surface area contributed by atoms with Crippen LogP contribution in [-0.4, -0.2) is 11.2 Å². The van der Waals surface area contributed by atoms with Gasteiger partial charge in [0.05, 0.1) is 6.10 Å². The highest BCUT2D eigenvalue weighted by atomic mass is 19.1. The molecule has 1 nitrogen and oxygen atoms in total. The van der Waals surface area contributed by atoms with Crippen LogP contribution in [0.3, 0.4) is 0 Å². The lowest BCUT2D eigenvalue weighted by atomic mass is 9.84. The summed E-state index contributed by atoms with van der Waals surface area (Å²) in [6.07, 6.45) is 5.74. The summed E-state index contributed by atoms with van der Waals surface area (Å²) in [6, 6.07) is 3.58. The van der Waals surface area contributed by atoms with Crippen molar-refractivity contribution in [1.29, 1.82) is 0 Å². The fraction of sp³-hybridized carbons (Fsp3) is 0.625. The van der Waals surface area contributed by atoms with E-state index in [4.69, 9.17) is 0 Å². The Bertz CT molecular complexity index is 460. The van der Waals surface area contributed by atoms with E-state index in [1.807, 2.05) is 0 Å². The summed E-state index contributed by atoms with van der Waals surface area (Å²) in [5.41, 5.74) is 0.414. The van der Waals surface area contributed by atoms with Crippen molar-refractivity contribution in [2.75, 3.05) is 0 Å². The van der Waals surface area contributed by atoms with Crippen molar-refractivity contribution >= 4 is 0 Å². The molecule has 2 bridgehead atoms. The van der Waals surface area contributed by atoms with E-state index in [0.29, 0.717) is 17.9 Å². The zero-order valence-electron chi connectivity index (χ0n) is 11.0. The summed E-state index contributed by atoms with van der Waals surface area (Å²) in [5, 5.41) is 10.1. The molecule has 0 aliphatic heterocycles. The molecule has 2 fully saturated rings. The van der Waals surface area contributed by atoms with Gasteiger partial charge in [-0.1, -0.05) is 12.5 Å². The van der Waals surface area contributed by atoms with Gasteiger partial charge in [-0.25, -0.2) is 8.78 Å². The smallest absolute Gasteiger partial charge is 0.129 e. The Morgan fingerprint density at radius 2 is 2.05 bits per heavy atom. The molecular weight excluding hydrogens is 246 g/mol. The largest absolute Gasteiger partial charge is 0.393 e. The monoisotopic (exact) mass is 266 g/mol. The number of hydrogen-bond donors (Lipinski definition) is 1. The van der Waals surface area contributed by atoms with Gasteiger partial charge in [0.2, 0.25) is 0 Å². The van der Waals surface area contributed by atoms with Crippen LogP contribution in [0.5, 0.6) is 0 Å². The van der Waals surface area contributed by atoms with E-state index in [-0.39, 0.29) is 0 Å². The van der Waals surface area contributed by atoms with Gasteiger partial charge in [-0.15, -0.1) is 0 Å². The number of fused-ring (bicyclic) bond motifs is 2. The van der Waals surface area contributed by atoms with Crippen LogP contribution in [0.15, 0.2) is 18.2 Å². The van der Waals surface area contributed by atoms with E-state index >= 15 is 0 Å². The number of benzene rings is 1. The van der Waals surface area contributed by atoms with E-state index in [1.165, 1.54) is 37.8 Å². The summed E-state index contributed by atoms with van der Waals surface area (Å²) < 4.78 is 26.3. The lowest BCUT2D eigenvalue weighted by Crippen LogP contribution is -2.20. The van der Waals surface area contributed by atoms with Crippen molar-refractivity contribution < 1.29 is 13.9 Å². The predicted molar refractivity (Wildman–Crippen MR) is 69.6 cm³/mol. The van der Waals surface area contributed by atoms with Gasteiger partial charge in [-0.2, -0.15) is 0 Å². The maximum Gasteiger partial charge on any atom is 0.129 e. The van der Waals surface area contributed by atoms with Crippen LogP contribution in [0.2, 0.25) is 0 Å². The third-order valence-corrected chi connectivity index (χ3v) is 4.93. The first-order valence-corrected chi connectivity index (χ1v) is 7.24. The highest BCUT2D eigenvalue weighted by Crippen LogP contribution is 2.49. The van der Waals surface area contributed by atoms with Gasteiger partial charge in [-0.3, -0.25) is 0 Å². The summed E-state index contributed by atoms with van der Waals surface area (Å²) in [5.74, 6) is 1.13. The summed E-state index contributed by atoms with van der Waals surface area (Å²) in [7, 11) is 0. The number of aliphatic hydroxyl groups excluding tert-OH is 1. The molecule has 0 radical (unpaired) electrons. The van der Waals surface area contributed by atoms with Crippen molar-refractivity contribution in [3.63, 3.8) is 0 Å². The van der Waals surface area contributed by atoms with Crippen LogP contribution in [0.4, 0.5) is 8.78 Å². The van der Waals surface area contributed by atoms with Gasteiger partial charge in [-0.05, 0) is 55.1 Å². The van der Waals surface area contributed by atoms with Gasteiger partial charge >= 0.3 is 0 Å². The van der Waals surface area contributed by atoms with Crippen molar-refractivity contribution in [3.05, 3.63) is 35.4 Å². The fourth-order valence-corrected chi connectivity index (χ4v) is 4.04. The lowest BCUT2D eigenvalue weighted by molar-refractivity contribution is 0.124. The van der Waals surface area contributed by atoms with Crippen molar-refractivity contribution in [2.45, 2.75) is 44.6 Å². The molecule has 0 saturated heterocycles. The Hall–Kier alpha value is -0.960. The highest BCUT2D eigenvalue weighted by molar-refractivity contribution is 5.19. The molecule has 2 saturated carbocycles. The maximum atomic E-state index is 13.5. The van der Waals surface area contributed by atoms with Gasteiger partial charge < -0.3 is 5.11 Å². The molecule has 1 N–H and O–H groups in total. The standard InChI is InChI=1S/C16H20F2O/c17-14-4-3-12(16(18)9-14)7-15(19)8-13-6-10-1-2-11(13)5-10/h3-4,9-11,13,15,19H,1-2,5-8H2. The molecule has 0 amide bonds. The van der Waals surface area contributed by atoms with Crippen LogP contribution in [0, 0.1) is 29.4 Å². The second kappa shape index (κ2) is 5.20. The maximum absolute atomic E-state index is 13.5. The highest BCUT2D eigenvalue weighted by Gasteiger charge is 2.39. The summed E-state index contributed by atoms with van der Waals surface area (Å²) >= 11 is 0. The number of aliphatic hydroxyl groups is 1. The van der Waals surface area contributed by atoms with E-state index in [0.717, 1.165) is 24.3 Å². The minimum atomic E-state index is -0.566. The van der Waals surface area contributed by atoms with Crippen molar-refractivity contribution in [1.82, 2.24) is 0 Å². The predicted octanol–water partition coefficient (Wildman–Crippen LogP) is 3.69. The lowest BCUT2D eigenvalue weighted by Gasteiger charge is -2.24. The minimum Gasteiger partial charge on any atom is -0.393 e.